The molecule has 1 aliphatic rings. The maximum Gasteiger partial charge on any atom is 0.416 e. The topological polar surface area (TPSA) is 92.9 Å². The lowest BCUT2D eigenvalue weighted by Gasteiger charge is -2.32. The fraction of sp³-hybridized carbons (Fsp3) is 0.333. The average Bonchev–Trinajstić information content (AvgIpc) is 3.16. The van der Waals surface area contributed by atoms with Crippen LogP contribution in [0.1, 0.15) is 53.5 Å². The molecule has 192 valence electrons. The van der Waals surface area contributed by atoms with Gasteiger partial charge in [-0.3, -0.25) is 0 Å². The Bertz CT molecular complexity index is 1440. The van der Waals surface area contributed by atoms with E-state index in [0.717, 1.165) is 42.5 Å². The second-order valence-corrected chi connectivity index (χ2v) is 9.58. The number of hydrogen-bond donors (Lipinski definition) is 2. The summed E-state index contributed by atoms with van der Waals surface area (Å²) in [7, 11) is 0. The molecule has 0 aliphatic heterocycles. The van der Waals surface area contributed by atoms with E-state index >= 15 is 0 Å². The zero-order chi connectivity index (χ0) is 26.3. The van der Waals surface area contributed by atoms with E-state index in [1.165, 1.54) is 12.1 Å². The summed E-state index contributed by atoms with van der Waals surface area (Å²) in [6.45, 7) is 4.19. The number of aromatic carboxylic acids is 1. The summed E-state index contributed by atoms with van der Waals surface area (Å²) in [4.78, 5) is 25.0. The van der Waals surface area contributed by atoms with Gasteiger partial charge in [0.2, 0.25) is 5.82 Å². The van der Waals surface area contributed by atoms with E-state index < -0.39 is 17.7 Å². The molecule has 0 bridgehead atoms. The highest BCUT2D eigenvalue weighted by Gasteiger charge is 2.30. The molecular formula is C27H26F3N5O2. The van der Waals surface area contributed by atoms with E-state index in [1.54, 1.807) is 0 Å². The van der Waals surface area contributed by atoms with Crippen LogP contribution in [0.4, 0.5) is 19.0 Å². The molecule has 0 saturated heterocycles. The van der Waals surface area contributed by atoms with Crippen molar-refractivity contribution in [3.05, 3.63) is 71.0 Å². The Labute approximate surface area is 211 Å². The summed E-state index contributed by atoms with van der Waals surface area (Å²) < 4.78 is 41.2. The molecule has 2 N–H and O–H groups in total. The predicted molar refractivity (Wildman–Crippen MR) is 133 cm³/mol. The van der Waals surface area contributed by atoms with E-state index in [0.29, 0.717) is 28.6 Å². The fourth-order valence-corrected chi connectivity index (χ4v) is 4.56. The van der Waals surface area contributed by atoms with Crippen molar-refractivity contribution in [3.8, 4) is 11.4 Å². The first-order valence-corrected chi connectivity index (χ1v) is 12.1. The molecule has 0 radical (unpaired) electrons. The zero-order valence-electron chi connectivity index (χ0n) is 20.4. The first kappa shape index (κ1) is 24.7. The van der Waals surface area contributed by atoms with E-state index in [9.17, 15) is 23.1 Å². The van der Waals surface area contributed by atoms with Crippen molar-refractivity contribution in [2.24, 2.45) is 5.92 Å². The minimum Gasteiger partial charge on any atom is -0.475 e. The van der Waals surface area contributed by atoms with Crippen molar-refractivity contribution in [2.45, 2.75) is 51.9 Å². The molecule has 7 nitrogen and oxygen atoms in total. The molecule has 0 amide bonds. The number of hydrogen-bond acceptors (Lipinski definition) is 5. The normalized spacial score (nSPS) is 14.9. The lowest BCUT2D eigenvalue weighted by molar-refractivity contribution is -0.137. The Kier molecular flexibility index (Phi) is 6.35. The van der Waals surface area contributed by atoms with Gasteiger partial charge in [0.05, 0.1) is 5.56 Å². The SMILES string of the molecule is Cc1ccc(-c2nc3nc(C(=O)O)nc(NC(C)C4CCC4)c3n2Cc2ccc(C(F)(F)F)cc2)cc1. The van der Waals surface area contributed by atoms with Crippen LogP contribution in [0.2, 0.25) is 0 Å². The molecule has 2 aromatic heterocycles. The van der Waals surface area contributed by atoms with Gasteiger partial charge in [0.15, 0.2) is 11.5 Å². The number of fused-ring (bicyclic) bond motifs is 1. The van der Waals surface area contributed by atoms with Crippen LogP contribution in [0.25, 0.3) is 22.6 Å². The molecule has 2 aromatic carbocycles. The van der Waals surface area contributed by atoms with Crippen LogP contribution >= 0.6 is 0 Å². The number of alkyl halides is 3. The molecule has 2 heterocycles. The van der Waals surface area contributed by atoms with Gasteiger partial charge < -0.3 is 15.0 Å². The van der Waals surface area contributed by atoms with Crippen LogP contribution in [-0.4, -0.2) is 36.6 Å². The summed E-state index contributed by atoms with van der Waals surface area (Å²) in [5.41, 5.74) is 2.44. The minimum atomic E-state index is -4.43. The number of anilines is 1. The van der Waals surface area contributed by atoms with E-state index in [2.05, 4.69) is 20.3 Å². The first-order valence-electron chi connectivity index (χ1n) is 12.1. The second kappa shape index (κ2) is 9.49. The number of carbonyl (C=O) groups is 1. The maximum absolute atomic E-state index is 13.1. The van der Waals surface area contributed by atoms with Gasteiger partial charge in [-0.15, -0.1) is 0 Å². The molecule has 0 spiro atoms. The van der Waals surface area contributed by atoms with Crippen molar-refractivity contribution in [2.75, 3.05) is 5.32 Å². The number of aryl methyl sites for hydroxylation is 1. The van der Waals surface area contributed by atoms with Crippen molar-refractivity contribution in [1.29, 1.82) is 0 Å². The van der Waals surface area contributed by atoms with Crippen molar-refractivity contribution < 1.29 is 23.1 Å². The Morgan fingerprint density at radius 3 is 2.32 bits per heavy atom. The second-order valence-electron chi connectivity index (χ2n) is 9.58. The summed E-state index contributed by atoms with van der Waals surface area (Å²) in [5.74, 6) is -0.326. The van der Waals surface area contributed by atoms with Gasteiger partial charge in [0.1, 0.15) is 11.3 Å². The average molecular weight is 510 g/mol. The predicted octanol–water partition coefficient (Wildman–Crippen LogP) is 6.17. The Morgan fingerprint density at radius 2 is 1.76 bits per heavy atom. The van der Waals surface area contributed by atoms with Crippen LogP contribution in [0, 0.1) is 12.8 Å². The van der Waals surface area contributed by atoms with Crippen molar-refractivity contribution in [3.63, 3.8) is 0 Å². The van der Waals surface area contributed by atoms with Gasteiger partial charge >= 0.3 is 12.1 Å². The van der Waals surface area contributed by atoms with Crippen LogP contribution in [0.3, 0.4) is 0 Å². The molecule has 1 saturated carbocycles. The van der Waals surface area contributed by atoms with Crippen LogP contribution in [0.15, 0.2) is 48.5 Å². The number of carboxylic acid groups (broad SMARTS) is 1. The monoisotopic (exact) mass is 509 g/mol. The Hall–Kier alpha value is -3.95. The highest BCUT2D eigenvalue weighted by molar-refractivity contribution is 5.92. The molecule has 4 aromatic rings. The third-order valence-corrected chi connectivity index (χ3v) is 6.95. The molecule has 10 heteroatoms. The number of aromatic nitrogens is 4. The van der Waals surface area contributed by atoms with E-state index in [-0.39, 0.29) is 24.1 Å². The number of halogens is 3. The van der Waals surface area contributed by atoms with Gasteiger partial charge in [-0.1, -0.05) is 48.4 Å². The maximum atomic E-state index is 13.1. The lowest BCUT2D eigenvalue weighted by Crippen LogP contribution is -2.31. The zero-order valence-corrected chi connectivity index (χ0v) is 20.4. The number of nitrogens with one attached hydrogen (secondary N) is 1. The third-order valence-electron chi connectivity index (χ3n) is 6.95. The number of rotatable bonds is 7. The van der Waals surface area contributed by atoms with Crippen molar-refractivity contribution >= 4 is 23.0 Å². The van der Waals surface area contributed by atoms with Crippen LogP contribution < -0.4 is 5.32 Å². The van der Waals surface area contributed by atoms with Gasteiger partial charge in [-0.2, -0.15) is 13.2 Å². The van der Waals surface area contributed by atoms with Gasteiger partial charge in [-0.05, 0) is 50.3 Å². The molecule has 1 aliphatic carbocycles. The number of carboxylic acids is 1. The number of imidazole rings is 1. The summed E-state index contributed by atoms with van der Waals surface area (Å²) >= 11 is 0. The van der Waals surface area contributed by atoms with Crippen LogP contribution in [-0.2, 0) is 12.7 Å². The quantitative estimate of drug-likeness (QED) is 0.310. The number of nitrogens with zero attached hydrogens (tertiary/aromatic N) is 4. The summed E-state index contributed by atoms with van der Waals surface area (Å²) in [6, 6.07) is 12.7. The van der Waals surface area contributed by atoms with Gasteiger partial charge in [0, 0.05) is 18.2 Å². The largest absolute Gasteiger partial charge is 0.475 e. The van der Waals surface area contributed by atoms with Crippen molar-refractivity contribution in [1.82, 2.24) is 19.5 Å². The molecule has 1 fully saturated rings. The Morgan fingerprint density at radius 1 is 1.08 bits per heavy atom. The van der Waals surface area contributed by atoms with Crippen LogP contribution in [0.5, 0.6) is 0 Å². The van der Waals surface area contributed by atoms with Gasteiger partial charge in [-0.25, -0.2) is 19.7 Å². The van der Waals surface area contributed by atoms with E-state index in [4.69, 9.17) is 0 Å². The first-order chi connectivity index (χ1) is 17.6. The number of benzene rings is 2. The highest BCUT2D eigenvalue weighted by atomic mass is 19.4. The lowest BCUT2D eigenvalue weighted by atomic mass is 9.80. The summed E-state index contributed by atoms with van der Waals surface area (Å²) in [6.07, 6.45) is -1.12. The smallest absolute Gasteiger partial charge is 0.416 e. The minimum absolute atomic E-state index is 0.0470. The molecule has 5 rings (SSSR count). The Balaban J connectivity index is 1.67. The molecule has 1 atom stereocenters. The molecule has 37 heavy (non-hydrogen) atoms. The fourth-order valence-electron chi connectivity index (χ4n) is 4.56. The molecular weight excluding hydrogens is 483 g/mol. The summed E-state index contributed by atoms with van der Waals surface area (Å²) in [5, 5.41) is 13.0. The third kappa shape index (κ3) is 5.00. The highest BCUT2D eigenvalue weighted by Crippen LogP contribution is 2.34. The standard InChI is InChI=1S/C27H26F3N5O2/c1-15-6-10-19(11-7-15)25-34-23-21(35(25)14-17-8-12-20(13-9-17)27(28,29)30)22(32-24(33-23)26(36)37)31-16(2)18-4-3-5-18/h6-13,16,18H,3-5,14H2,1-2H3,(H,36,37)(H,31,32,33). The molecule has 1 unspecified atom stereocenters. The van der Waals surface area contributed by atoms with E-state index in [1.807, 2.05) is 42.7 Å². The van der Waals surface area contributed by atoms with Gasteiger partial charge in [0.25, 0.3) is 0 Å².